The van der Waals surface area contributed by atoms with Crippen molar-refractivity contribution >= 4 is 15.7 Å². The average Bonchev–Trinajstić information content (AvgIpc) is 2.67. The predicted octanol–water partition coefficient (Wildman–Crippen LogP) is 3.66. The number of rotatable bonds is 4. The molecule has 7 heteroatoms. The zero-order chi connectivity index (χ0) is 18.0. The number of hydrogen-bond acceptors (Lipinski definition) is 3. The van der Waals surface area contributed by atoms with Gasteiger partial charge in [-0.1, -0.05) is 19.4 Å². The van der Waals surface area contributed by atoms with E-state index in [1.54, 1.807) is 0 Å². The third-order valence-electron chi connectivity index (χ3n) is 4.02. The molecule has 1 heterocycles. The van der Waals surface area contributed by atoms with E-state index >= 15 is 0 Å². The van der Waals surface area contributed by atoms with Gasteiger partial charge < -0.3 is 0 Å². The van der Waals surface area contributed by atoms with E-state index < -0.39 is 21.7 Å². The fourth-order valence-electron chi connectivity index (χ4n) is 2.70. The molecule has 1 aliphatic rings. The van der Waals surface area contributed by atoms with Crippen LogP contribution in [0.4, 0.5) is 8.78 Å². The van der Waals surface area contributed by atoms with E-state index in [1.807, 2.05) is 6.92 Å². The lowest BCUT2D eigenvalue weighted by molar-refractivity contribution is 0.422. The summed E-state index contributed by atoms with van der Waals surface area (Å²) in [6.45, 7) is 2.21. The Balaban J connectivity index is 2.20. The molecule has 0 unspecified atom stereocenters. The number of hydrazone groups is 1. The molecule has 0 spiro atoms. The van der Waals surface area contributed by atoms with Crippen molar-refractivity contribution in [1.82, 2.24) is 4.41 Å². The van der Waals surface area contributed by atoms with Crippen LogP contribution in [0.2, 0.25) is 0 Å². The van der Waals surface area contributed by atoms with Crippen LogP contribution in [0.15, 0.2) is 47.6 Å². The zero-order valence-corrected chi connectivity index (χ0v) is 14.6. The summed E-state index contributed by atoms with van der Waals surface area (Å²) in [5, 5.41) is 4.32. The summed E-state index contributed by atoms with van der Waals surface area (Å²) in [6.07, 6.45) is 1.47. The van der Waals surface area contributed by atoms with Gasteiger partial charge in [-0.3, -0.25) is 0 Å². The van der Waals surface area contributed by atoms with E-state index in [9.17, 15) is 17.2 Å². The van der Waals surface area contributed by atoms with Crippen LogP contribution in [0.5, 0.6) is 0 Å². The molecule has 2 aromatic rings. The lowest BCUT2D eigenvalue weighted by Crippen LogP contribution is -2.28. The maximum atomic E-state index is 13.8. The normalized spacial score (nSPS) is 16.1. The third kappa shape index (κ3) is 3.71. The fraction of sp³-hybridized carbons (Fsp3) is 0.278. The molecule has 4 nitrogen and oxygen atoms in total. The van der Waals surface area contributed by atoms with Crippen LogP contribution in [0.25, 0.3) is 0 Å². The minimum absolute atomic E-state index is 0.249. The number of halogens is 2. The van der Waals surface area contributed by atoms with E-state index in [0.29, 0.717) is 28.8 Å². The fourth-order valence-corrected chi connectivity index (χ4v) is 4.10. The standard InChI is InChI=1S/C18H18F2N2O2S/c1-2-3-10-22-21-18(13-4-7-15(19)8-5-13)17-11-16(20)9-6-14(17)12-25(22,23)24/h4-9,11H,2-3,10,12H2,1H3. The highest BCUT2D eigenvalue weighted by Crippen LogP contribution is 2.26. The number of unbranched alkanes of at least 4 members (excludes halogenated alkanes) is 1. The van der Waals surface area contributed by atoms with Crippen molar-refractivity contribution in [2.75, 3.05) is 6.54 Å². The number of sulfonamides is 1. The van der Waals surface area contributed by atoms with Gasteiger partial charge in [-0.2, -0.15) is 9.52 Å². The van der Waals surface area contributed by atoms with E-state index in [0.717, 1.165) is 10.8 Å². The highest BCUT2D eigenvalue weighted by atomic mass is 32.2. The Morgan fingerprint density at radius 1 is 1.08 bits per heavy atom. The Morgan fingerprint density at radius 3 is 2.44 bits per heavy atom. The molecule has 0 bridgehead atoms. The van der Waals surface area contributed by atoms with Crippen LogP contribution in [0.1, 0.15) is 36.5 Å². The van der Waals surface area contributed by atoms with Gasteiger partial charge in [0.1, 0.15) is 11.6 Å². The van der Waals surface area contributed by atoms with Gasteiger partial charge in [-0.25, -0.2) is 17.2 Å². The van der Waals surface area contributed by atoms with Crippen molar-refractivity contribution in [3.63, 3.8) is 0 Å². The van der Waals surface area contributed by atoms with Crippen molar-refractivity contribution < 1.29 is 17.2 Å². The van der Waals surface area contributed by atoms with Crippen molar-refractivity contribution in [2.45, 2.75) is 25.5 Å². The minimum Gasteiger partial charge on any atom is -0.207 e. The topological polar surface area (TPSA) is 49.7 Å². The summed E-state index contributed by atoms with van der Waals surface area (Å²) in [7, 11) is -3.66. The molecule has 25 heavy (non-hydrogen) atoms. The summed E-state index contributed by atoms with van der Waals surface area (Å²) >= 11 is 0. The van der Waals surface area contributed by atoms with Crippen molar-refractivity contribution in [3.8, 4) is 0 Å². The molecule has 0 fully saturated rings. The molecular weight excluding hydrogens is 346 g/mol. The Kier molecular flexibility index (Phi) is 4.85. The van der Waals surface area contributed by atoms with Crippen molar-refractivity contribution in [1.29, 1.82) is 0 Å². The van der Waals surface area contributed by atoms with Crippen molar-refractivity contribution in [3.05, 3.63) is 70.8 Å². The van der Waals surface area contributed by atoms with Gasteiger partial charge >= 0.3 is 0 Å². The molecule has 0 aromatic heterocycles. The molecule has 0 N–H and O–H groups in total. The van der Waals surface area contributed by atoms with Gasteiger partial charge in [-0.15, -0.1) is 0 Å². The van der Waals surface area contributed by atoms with Crippen LogP contribution in [-0.4, -0.2) is 25.1 Å². The molecule has 0 radical (unpaired) electrons. The summed E-state index contributed by atoms with van der Waals surface area (Å²) in [5.74, 6) is -1.14. The molecule has 1 aliphatic heterocycles. The second kappa shape index (κ2) is 6.92. The van der Waals surface area contributed by atoms with Crippen LogP contribution in [-0.2, 0) is 15.8 Å². The molecule has 2 aromatic carbocycles. The number of fused-ring (bicyclic) bond motifs is 1. The van der Waals surface area contributed by atoms with Gasteiger partial charge in [0.15, 0.2) is 0 Å². The predicted molar refractivity (Wildman–Crippen MR) is 92.7 cm³/mol. The molecule has 3 rings (SSSR count). The Hall–Kier alpha value is -2.28. The highest BCUT2D eigenvalue weighted by molar-refractivity contribution is 7.88. The van der Waals surface area contributed by atoms with Gasteiger partial charge in [0.05, 0.1) is 18.0 Å². The quantitative estimate of drug-likeness (QED) is 0.831. The average molecular weight is 364 g/mol. The monoisotopic (exact) mass is 364 g/mol. The smallest absolute Gasteiger partial charge is 0.207 e. The molecule has 0 amide bonds. The van der Waals surface area contributed by atoms with E-state index in [4.69, 9.17) is 0 Å². The molecular formula is C18H18F2N2O2S. The van der Waals surface area contributed by atoms with Crippen LogP contribution >= 0.6 is 0 Å². The minimum atomic E-state index is -3.66. The van der Waals surface area contributed by atoms with Crippen LogP contribution in [0.3, 0.4) is 0 Å². The molecule has 0 saturated carbocycles. The maximum absolute atomic E-state index is 13.8. The summed E-state index contributed by atoms with van der Waals surface area (Å²) in [4.78, 5) is 0. The maximum Gasteiger partial charge on any atom is 0.254 e. The number of benzene rings is 2. The van der Waals surface area contributed by atoms with Gasteiger partial charge in [0.25, 0.3) is 10.0 Å². The highest BCUT2D eigenvalue weighted by Gasteiger charge is 2.28. The zero-order valence-electron chi connectivity index (χ0n) is 13.7. The summed E-state index contributed by atoms with van der Waals surface area (Å²) in [5.41, 5.74) is 1.75. The van der Waals surface area contributed by atoms with E-state index in [1.165, 1.54) is 42.5 Å². The lowest BCUT2D eigenvalue weighted by Gasteiger charge is -2.17. The molecule has 0 atom stereocenters. The molecule has 0 saturated heterocycles. The second-order valence-corrected chi connectivity index (χ2v) is 7.79. The first-order valence-electron chi connectivity index (χ1n) is 8.04. The first-order chi connectivity index (χ1) is 11.9. The van der Waals surface area contributed by atoms with Crippen molar-refractivity contribution in [2.24, 2.45) is 5.10 Å². The summed E-state index contributed by atoms with van der Waals surface area (Å²) < 4.78 is 53.4. The Bertz CT molecular complexity index is 909. The SMILES string of the molecule is CCCCN1N=C(c2ccc(F)cc2)c2cc(F)ccc2CS1(=O)=O. The number of hydrogen-bond donors (Lipinski definition) is 0. The second-order valence-electron chi connectivity index (χ2n) is 5.91. The van der Waals surface area contributed by atoms with Gasteiger partial charge in [0, 0.05) is 11.1 Å². The molecule has 132 valence electrons. The van der Waals surface area contributed by atoms with Crippen LogP contribution in [0, 0.1) is 11.6 Å². The van der Waals surface area contributed by atoms with Gasteiger partial charge in [0.2, 0.25) is 0 Å². The van der Waals surface area contributed by atoms with E-state index in [2.05, 4.69) is 5.10 Å². The summed E-state index contributed by atoms with van der Waals surface area (Å²) in [6, 6.07) is 9.54. The number of nitrogens with zero attached hydrogens (tertiary/aromatic N) is 2. The first kappa shape index (κ1) is 17.5. The lowest BCUT2D eigenvalue weighted by atomic mass is 9.98. The van der Waals surface area contributed by atoms with E-state index in [-0.39, 0.29) is 12.3 Å². The first-order valence-corrected chi connectivity index (χ1v) is 9.65. The van der Waals surface area contributed by atoms with Crippen LogP contribution < -0.4 is 0 Å². The molecule has 0 aliphatic carbocycles. The largest absolute Gasteiger partial charge is 0.254 e. The Labute approximate surface area is 145 Å². The third-order valence-corrected chi connectivity index (χ3v) is 5.60. The Morgan fingerprint density at radius 2 is 1.76 bits per heavy atom. The van der Waals surface area contributed by atoms with Gasteiger partial charge in [-0.05, 0) is 48.4 Å².